The van der Waals surface area contributed by atoms with Crippen molar-refractivity contribution in [1.82, 2.24) is 10.2 Å². The fraction of sp³-hybridized carbons (Fsp3) is 0.481. The molecule has 38 heavy (non-hydrogen) atoms. The number of carbonyl (C=O) groups is 2. The highest BCUT2D eigenvalue weighted by atomic mass is 79.9. The Morgan fingerprint density at radius 2 is 1.66 bits per heavy atom. The van der Waals surface area contributed by atoms with Crippen molar-refractivity contribution in [3.8, 4) is 11.5 Å². The number of carbonyl (C=O) groups excluding carboxylic acids is 2. The van der Waals surface area contributed by atoms with Crippen LogP contribution in [0.2, 0.25) is 0 Å². The monoisotopic (exact) mass is 609 g/mol. The van der Waals surface area contributed by atoms with Crippen molar-refractivity contribution in [3.05, 3.63) is 52.5 Å². The number of sulfonamides is 1. The first-order valence-electron chi connectivity index (χ1n) is 12.6. The average molecular weight is 611 g/mol. The lowest BCUT2D eigenvalue weighted by atomic mass is 9.95. The third kappa shape index (κ3) is 7.86. The maximum Gasteiger partial charge on any atom is 0.244 e. The van der Waals surface area contributed by atoms with Crippen molar-refractivity contribution in [2.75, 3.05) is 31.3 Å². The van der Waals surface area contributed by atoms with Crippen molar-refractivity contribution in [2.24, 2.45) is 0 Å². The second-order valence-corrected chi connectivity index (χ2v) is 12.3. The number of amides is 2. The molecular weight excluding hydrogens is 574 g/mol. The van der Waals surface area contributed by atoms with Crippen LogP contribution in [0.5, 0.6) is 11.5 Å². The summed E-state index contributed by atoms with van der Waals surface area (Å²) in [6.07, 6.45) is 6.16. The van der Waals surface area contributed by atoms with Gasteiger partial charge in [-0.1, -0.05) is 47.3 Å². The highest BCUT2D eigenvalue weighted by molar-refractivity contribution is 9.10. The van der Waals surface area contributed by atoms with Gasteiger partial charge in [0.25, 0.3) is 0 Å². The van der Waals surface area contributed by atoms with Gasteiger partial charge in [0.1, 0.15) is 12.6 Å². The molecule has 3 rings (SSSR count). The number of nitrogens with zero attached hydrogens (tertiary/aromatic N) is 2. The molecule has 0 aliphatic heterocycles. The largest absolute Gasteiger partial charge is 0.493 e. The summed E-state index contributed by atoms with van der Waals surface area (Å²) in [6, 6.07) is 11.4. The van der Waals surface area contributed by atoms with Crippen molar-refractivity contribution in [2.45, 2.75) is 57.7 Å². The summed E-state index contributed by atoms with van der Waals surface area (Å²) in [7, 11) is -0.926. The molecule has 0 bridgehead atoms. The fourth-order valence-electron chi connectivity index (χ4n) is 4.53. The molecule has 1 atom stereocenters. The highest BCUT2D eigenvalue weighted by Crippen LogP contribution is 2.32. The third-order valence-corrected chi connectivity index (χ3v) is 8.39. The van der Waals surface area contributed by atoms with E-state index in [0.29, 0.717) is 11.5 Å². The van der Waals surface area contributed by atoms with Crippen LogP contribution in [0.3, 0.4) is 0 Å². The molecule has 1 unspecified atom stereocenters. The Balaban J connectivity index is 1.90. The van der Waals surface area contributed by atoms with Gasteiger partial charge < -0.3 is 19.7 Å². The first kappa shape index (κ1) is 29.8. The van der Waals surface area contributed by atoms with Crippen LogP contribution in [0.1, 0.15) is 44.6 Å². The smallest absolute Gasteiger partial charge is 0.244 e. The van der Waals surface area contributed by atoms with Crippen LogP contribution in [0.15, 0.2) is 46.9 Å². The zero-order valence-electron chi connectivity index (χ0n) is 22.3. The minimum atomic E-state index is -3.86. The molecule has 0 saturated heterocycles. The van der Waals surface area contributed by atoms with Gasteiger partial charge in [-0.2, -0.15) is 0 Å². The molecular formula is C27H36BrN3O6S. The molecule has 1 aliphatic rings. The fourth-order valence-corrected chi connectivity index (χ4v) is 5.64. The van der Waals surface area contributed by atoms with Gasteiger partial charge in [0.15, 0.2) is 11.5 Å². The second-order valence-electron chi connectivity index (χ2n) is 9.48. The van der Waals surface area contributed by atoms with E-state index in [-0.39, 0.29) is 24.2 Å². The predicted molar refractivity (Wildman–Crippen MR) is 151 cm³/mol. The van der Waals surface area contributed by atoms with Crippen molar-refractivity contribution in [1.29, 1.82) is 0 Å². The summed E-state index contributed by atoms with van der Waals surface area (Å²) in [6.45, 7) is 1.34. The van der Waals surface area contributed by atoms with E-state index in [1.807, 2.05) is 24.3 Å². The summed E-state index contributed by atoms with van der Waals surface area (Å²) >= 11 is 3.41. The first-order valence-corrected chi connectivity index (χ1v) is 15.2. The molecule has 0 heterocycles. The van der Waals surface area contributed by atoms with Gasteiger partial charge in [-0.05, 0) is 49.6 Å². The number of methoxy groups -OCH3 is 2. The summed E-state index contributed by atoms with van der Waals surface area (Å²) in [5.74, 6) is 0.0118. The number of anilines is 1. The molecule has 208 valence electrons. The van der Waals surface area contributed by atoms with Gasteiger partial charge in [0.2, 0.25) is 21.8 Å². The molecule has 1 N–H and O–H groups in total. The van der Waals surface area contributed by atoms with Crippen LogP contribution in [0, 0.1) is 0 Å². The van der Waals surface area contributed by atoms with E-state index >= 15 is 0 Å². The van der Waals surface area contributed by atoms with Crippen molar-refractivity contribution < 1.29 is 27.5 Å². The van der Waals surface area contributed by atoms with Crippen LogP contribution in [-0.4, -0.2) is 64.2 Å². The number of rotatable bonds is 11. The Hall–Kier alpha value is -2.79. The maximum atomic E-state index is 13.7. The molecule has 2 aromatic rings. The average Bonchev–Trinajstić information content (AvgIpc) is 2.90. The van der Waals surface area contributed by atoms with Gasteiger partial charge in [0, 0.05) is 23.1 Å². The normalized spacial score (nSPS) is 14.9. The maximum absolute atomic E-state index is 13.7. The van der Waals surface area contributed by atoms with E-state index in [0.717, 1.165) is 52.7 Å². The lowest BCUT2D eigenvalue weighted by Crippen LogP contribution is -2.52. The molecule has 2 amide bonds. The summed E-state index contributed by atoms with van der Waals surface area (Å²) in [5, 5.41) is 3.09. The van der Waals surface area contributed by atoms with E-state index in [2.05, 4.69) is 21.2 Å². The van der Waals surface area contributed by atoms with E-state index in [1.54, 1.807) is 19.1 Å². The predicted octanol–water partition coefficient (Wildman–Crippen LogP) is 4.10. The Bertz CT molecular complexity index is 1220. The van der Waals surface area contributed by atoms with Gasteiger partial charge >= 0.3 is 0 Å². The van der Waals surface area contributed by atoms with Gasteiger partial charge in [0.05, 0.1) is 26.2 Å². The molecule has 1 aliphatic carbocycles. The number of nitrogens with one attached hydrogen (secondary N) is 1. The highest BCUT2D eigenvalue weighted by Gasteiger charge is 2.31. The topological polar surface area (TPSA) is 105 Å². The minimum absolute atomic E-state index is 0.0858. The summed E-state index contributed by atoms with van der Waals surface area (Å²) < 4.78 is 38.1. The van der Waals surface area contributed by atoms with Crippen molar-refractivity contribution in [3.63, 3.8) is 0 Å². The Morgan fingerprint density at radius 1 is 1.03 bits per heavy atom. The molecule has 1 saturated carbocycles. The van der Waals surface area contributed by atoms with Crippen molar-refractivity contribution >= 4 is 43.5 Å². The molecule has 0 spiro atoms. The molecule has 0 radical (unpaired) electrons. The molecule has 11 heteroatoms. The zero-order valence-corrected chi connectivity index (χ0v) is 24.7. The van der Waals surface area contributed by atoms with E-state index < -0.39 is 28.5 Å². The van der Waals surface area contributed by atoms with Crippen LogP contribution in [-0.2, 0) is 26.2 Å². The number of halogens is 1. The van der Waals surface area contributed by atoms with Crippen LogP contribution >= 0.6 is 15.9 Å². The molecule has 2 aromatic carbocycles. The summed E-state index contributed by atoms with van der Waals surface area (Å²) in [4.78, 5) is 28.4. The molecule has 0 aromatic heterocycles. The number of benzene rings is 2. The third-order valence-electron chi connectivity index (χ3n) is 6.72. The quantitative estimate of drug-likeness (QED) is 0.411. The summed E-state index contributed by atoms with van der Waals surface area (Å²) in [5.41, 5.74) is 1.07. The minimum Gasteiger partial charge on any atom is -0.493 e. The Labute approximate surface area is 233 Å². The lowest BCUT2D eigenvalue weighted by Gasteiger charge is -2.33. The number of hydrogen-bond donors (Lipinski definition) is 1. The van der Waals surface area contributed by atoms with Gasteiger partial charge in [-0.25, -0.2) is 8.42 Å². The van der Waals surface area contributed by atoms with E-state index in [1.165, 1.54) is 25.2 Å². The molecule has 1 fully saturated rings. The lowest BCUT2D eigenvalue weighted by molar-refractivity contribution is -0.139. The van der Waals surface area contributed by atoms with Gasteiger partial charge in [-0.15, -0.1) is 0 Å². The Kier molecular flexibility index (Phi) is 10.4. The van der Waals surface area contributed by atoms with Crippen LogP contribution in [0.4, 0.5) is 5.69 Å². The van der Waals surface area contributed by atoms with Crippen LogP contribution < -0.4 is 19.1 Å². The number of hydrogen-bond acceptors (Lipinski definition) is 6. The SMILES string of the molecule is COc1ccc(N(CC(=O)N(Cc2ccc(Br)cc2)C(C)C(=O)NC2CCCCC2)S(C)(=O)=O)cc1OC. The van der Waals surface area contributed by atoms with Gasteiger partial charge in [-0.3, -0.25) is 13.9 Å². The van der Waals surface area contributed by atoms with E-state index in [4.69, 9.17) is 9.47 Å². The first-order chi connectivity index (χ1) is 18.0. The second kappa shape index (κ2) is 13.3. The van der Waals surface area contributed by atoms with Crippen LogP contribution in [0.25, 0.3) is 0 Å². The van der Waals surface area contributed by atoms with E-state index in [9.17, 15) is 18.0 Å². The number of ether oxygens (including phenoxy) is 2. The standard InChI is InChI=1S/C27H36BrN3O6S/c1-19(27(33)29-22-8-6-5-7-9-22)30(17-20-10-12-21(28)13-11-20)26(32)18-31(38(4,34)35)23-14-15-24(36-2)25(16-23)37-3/h10-16,19,22H,5-9,17-18H2,1-4H3,(H,29,33). The molecule has 9 nitrogen and oxygen atoms in total. The Morgan fingerprint density at radius 3 is 2.24 bits per heavy atom. The zero-order chi connectivity index (χ0) is 27.9.